The van der Waals surface area contributed by atoms with Gasteiger partial charge in [-0.2, -0.15) is 0 Å². The predicted octanol–water partition coefficient (Wildman–Crippen LogP) is 5.66. The molecule has 0 aromatic heterocycles. The summed E-state index contributed by atoms with van der Waals surface area (Å²) in [6.45, 7) is 3.71. The highest BCUT2D eigenvalue weighted by Crippen LogP contribution is 2.07. The molecule has 0 amide bonds. The first-order chi connectivity index (χ1) is 9.77. The molecule has 1 N–H and O–H groups in total. The number of carboxylic acids is 1. The van der Waals surface area contributed by atoms with Crippen molar-refractivity contribution in [2.24, 2.45) is 0 Å². The van der Waals surface area contributed by atoms with Crippen LogP contribution in [0.1, 0.15) is 70.6 Å². The van der Waals surface area contributed by atoms with Crippen molar-refractivity contribution in [3.05, 3.63) is 37.0 Å². The summed E-state index contributed by atoms with van der Waals surface area (Å²) in [5, 5.41) is 8.50. The minimum absolute atomic E-state index is 0.318. The zero-order valence-electron chi connectivity index (χ0n) is 12.7. The Morgan fingerprint density at radius 3 is 2.05 bits per heavy atom. The summed E-state index contributed by atoms with van der Waals surface area (Å²) >= 11 is 0. The van der Waals surface area contributed by atoms with Gasteiger partial charge in [0.1, 0.15) is 0 Å². The van der Waals surface area contributed by atoms with E-state index in [1.54, 1.807) is 0 Å². The molecule has 0 unspecified atom stereocenters. The number of hydrogen-bond acceptors (Lipinski definition) is 1. The van der Waals surface area contributed by atoms with E-state index in [2.05, 4.69) is 30.9 Å². The lowest BCUT2D eigenvalue weighted by Gasteiger charge is -1.98. The molecule has 0 aromatic carbocycles. The second kappa shape index (κ2) is 15.7. The molecule has 0 rings (SSSR count). The average Bonchev–Trinajstić information content (AvgIpc) is 2.43. The van der Waals surface area contributed by atoms with E-state index in [4.69, 9.17) is 5.11 Å². The first-order valence-electron chi connectivity index (χ1n) is 7.90. The molecule has 0 aliphatic heterocycles. The molecule has 0 saturated heterocycles. The van der Waals surface area contributed by atoms with E-state index in [1.165, 1.54) is 19.3 Å². The Hall–Kier alpha value is -1.31. The van der Waals surface area contributed by atoms with Crippen molar-refractivity contribution in [1.82, 2.24) is 0 Å². The van der Waals surface area contributed by atoms with Gasteiger partial charge in [0.25, 0.3) is 0 Å². The van der Waals surface area contributed by atoms with E-state index in [0.29, 0.717) is 6.42 Å². The summed E-state index contributed by atoms with van der Waals surface area (Å²) in [6, 6.07) is 0. The molecule has 0 aliphatic rings. The van der Waals surface area contributed by atoms with Gasteiger partial charge in [-0.25, -0.2) is 0 Å². The first kappa shape index (κ1) is 18.7. The second-order valence-electron chi connectivity index (χ2n) is 5.10. The lowest BCUT2D eigenvalue weighted by molar-refractivity contribution is -0.137. The average molecular weight is 278 g/mol. The van der Waals surface area contributed by atoms with Crippen LogP contribution in [0, 0.1) is 0 Å². The van der Waals surface area contributed by atoms with Crippen molar-refractivity contribution in [3.63, 3.8) is 0 Å². The Morgan fingerprint density at radius 1 is 0.800 bits per heavy atom. The molecule has 0 fully saturated rings. The Balaban J connectivity index is 3.19. The third kappa shape index (κ3) is 16.7. The number of unbranched alkanes of at least 4 members (excludes halogenated alkanes) is 7. The van der Waals surface area contributed by atoms with Crippen LogP contribution in [0.4, 0.5) is 0 Å². The van der Waals surface area contributed by atoms with Gasteiger partial charge in [0.15, 0.2) is 0 Å². The first-order valence-corrected chi connectivity index (χ1v) is 7.90. The van der Waals surface area contributed by atoms with Crippen molar-refractivity contribution in [2.45, 2.75) is 70.6 Å². The summed E-state index contributed by atoms with van der Waals surface area (Å²) in [6.07, 6.45) is 22.3. The quantitative estimate of drug-likeness (QED) is 0.329. The lowest BCUT2D eigenvalue weighted by Crippen LogP contribution is -1.93. The third-order valence-corrected chi connectivity index (χ3v) is 3.15. The monoisotopic (exact) mass is 278 g/mol. The van der Waals surface area contributed by atoms with Crippen molar-refractivity contribution >= 4 is 5.97 Å². The summed E-state index contributed by atoms with van der Waals surface area (Å²) < 4.78 is 0. The fourth-order valence-corrected chi connectivity index (χ4v) is 1.96. The molecule has 0 heterocycles. The molecule has 114 valence electrons. The molecule has 0 saturated carbocycles. The standard InChI is InChI=1S/C18H30O2/c1-2-3-4-5-6-7-8-9-10-11-12-13-14-15-16-17-18(19)20/h2,6-7,9-10H,1,3-5,8,11-17H2,(H,19,20)/b7-6-,10-9-. The third-order valence-electron chi connectivity index (χ3n) is 3.15. The summed E-state index contributed by atoms with van der Waals surface area (Å²) in [4.78, 5) is 10.3. The van der Waals surface area contributed by atoms with E-state index in [1.807, 2.05) is 6.08 Å². The molecule has 0 aromatic rings. The van der Waals surface area contributed by atoms with Crippen molar-refractivity contribution < 1.29 is 9.90 Å². The predicted molar refractivity (Wildman–Crippen MR) is 86.9 cm³/mol. The number of carbonyl (C=O) groups is 1. The molecule has 0 atom stereocenters. The Bertz CT molecular complexity index is 290. The van der Waals surface area contributed by atoms with Crippen LogP contribution in [-0.2, 0) is 4.79 Å². The van der Waals surface area contributed by atoms with Gasteiger partial charge in [0, 0.05) is 6.42 Å². The number of hydrogen-bond donors (Lipinski definition) is 1. The molecule has 0 bridgehead atoms. The maximum Gasteiger partial charge on any atom is 0.303 e. The van der Waals surface area contributed by atoms with Gasteiger partial charge in [0.05, 0.1) is 0 Å². The number of aliphatic carboxylic acids is 1. The summed E-state index contributed by atoms with van der Waals surface area (Å²) in [5.41, 5.74) is 0. The largest absolute Gasteiger partial charge is 0.481 e. The minimum Gasteiger partial charge on any atom is -0.481 e. The molecule has 0 aliphatic carbocycles. The Kier molecular flexibility index (Phi) is 14.7. The SMILES string of the molecule is C=CCCC/C=C\C/C=C\CCCCCCCC(=O)O. The van der Waals surface area contributed by atoms with E-state index in [0.717, 1.165) is 44.9 Å². The fraction of sp³-hybridized carbons (Fsp3) is 0.611. The molecule has 20 heavy (non-hydrogen) atoms. The van der Waals surface area contributed by atoms with Gasteiger partial charge in [-0.15, -0.1) is 6.58 Å². The highest BCUT2D eigenvalue weighted by Gasteiger charge is 1.95. The van der Waals surface area contributed by atoms with Gasteiger partial charge in [-0.3, -0.25) is 4.79 Å². The zero-order valence-corrected chi connectivity index (χ0v) is 12.7. The van der Waals surface area contributed by atoms with Crippen LogP contribution < -0.4 is 0 Å². The summed E-state index contributed by atoms with van der Waals surface area (Å²) in [7, 11) is 0. The van der Waals surface area contributed by atoms with Crippen LogP contribution in [0.2, 0.25) is 0 Å². The second-order valence-corrected chi connectivity index (χ2v) is 5.10. The van der Waals surface area contributed by atoms with Gasteiger partial charge >= 0.3 is 5.97 Å². The normalized spacial score (nSPS) is 11.4. The minimum atomic E-state index is -0.675. The zero-order chi connectivity index (χ0) is 14.9. The van der Waals surface area contributed by atoms with Crippen molar-refractivity contribution in [3.8, 4) is 0 Å². The topological polar surface area (TPSA) is 37.3 Å². The summed E-state index contributed by atoms with van der Waals surface area (Å²) in [5.74, 6) is -0.675. The molecule has 0 spiro atoms. The van der Waals surface area contributed by atoms with Crippen LogP contribution in [0.3, 0.4) is 0 Å². The molecule has 2 nitrogen and oxygen atoms in total. The smallest absolute Gasteiger partial charge is 0.303 e. The van der Waals surface area contributed by atoms with Crippen LogP contribution in [0.5, 0.6) is 0 Å². The molecular weight excluding hydrogens is 248 g/mol. The number of carboxylic acid groups (broad SMARTS) is 1. The van der Waals surface area contributed by atoms with Crippen LogP contribution in [-0.4, -0.2) is 11.1 Å². The molecule has 0 radical (unpaired) electrons. The fourth-order valence-electron chi connectivity index (χ4n) is 1.96. The van der Waals surface area contributed by atoms with Crippen molar-refractivity contribution in [1.29, 1.82) is 0 Å². The number of rotatable bonds is 14. The van der Waals surface area contributed by atoms with E-state index in [9.17, 15) is 4.79 Å². The molecule has 2 heteroatoms. The Morgan fingerprint density at radius 2 is 1.40 bits per heavy atom. The maximum absolute atomic E-state index is 10.3. The highest BCUT2D eigenvalue weighted by molar-refractivity contribution is 5.66. The van der Waals surface area contributed by atoms with Gasteiger partial charge < -0.3 is 5.11 Å². The Labute approximate surface area is 124 Å². The van der Waals surface area contributed by atoms with E-state index >= 15 is 0 Å². The van der Waals surface area contributed by atoms with Gasteiger partial charge in [-0.05, 0) is 44.9 Å². The lowest BCUT2D eigenvalue weighted by atomic mass is 10.1. The van der Waals surface area contributed by atoms with Crippen LogP contribution in [0.25, 0.3) is 0 Å². The highest BCUT2D eigenvalue weighted by atomic mass is 16.4. The van der Waals surface area contributed by atoms with Crippen LogP contribution >= 0.6 is 0 Å². The maximum atomic E-state index is 10.3. The van der Waals surface area contributed by atoms with Crippen LogP contribution in [0.15, 0.2) is 37.0 Å². The van der Waals surface area contributed by atoms with Crippen molar-refractivity contribution in [2.75, 3.05) is 0 Å². The number of allylic oxidation sites excluding steroid dienone is 5. The van der Waals surface area contributed by atoms with E-state index < -0.39 is 5.97 Å². The van der Waals surface area contributed by atoms with Gasteiger partial charge in [0.2, 0.25) is 0 Å². The van der Waals surface area contributed by atoms with E-state index in [-0.39, 0.29) is 0 Å². The molecular formula is C18H30O2. The van der Waals surface area contributed by atoms with Gasteiger partial charge in [-0.1, -0.05) is 49.6 Å².